The zero-order valence-electron chi connectivity index (χ0n) is 16.6. The van der Waals surface area contributed by atoms with E-state index in [0.717, 1.165) is 27.3 Å². The van der Waals surface area contributed by atoms with Crippen LogP contribution in [0.3, 0.4) is 0 Å². The number of aromatic nitrogens is 2. The summed E-state index contributed by atoms with van der Waals surface area (Å²) in [6.07, 6.45) is -0.827. The fraction of sp³-hybridized carbons (Fsp3) is 0.381. The molecule has 0 spiro atoms. The molecule has 0 fully saturated rings. The molecule has 0 saturated heterocycles. The van der Waals surface area contributed by atoms with Crippen molar-refractivity contribution >= 4 is 39.1 Å². The van der Waals surface area contributed by atoms with Crippen molar-refractivity contribution in [2.24, 2.45) is 0 Å². The molecule has 0 aliphatic rings. The Bertz CT molecular complexity index is 1040. The van der Waals surface area contributed by atoms with Crippen LogP contribution in [0, 0.1) is 13.8 Å². The normalized spacial score (nSPS) is 13.0. The summed E-state index contributed by atoms with van der Waals surface area (Å²) in [6.45, 7) is 10.2. The molecule has 1 aromatic carbocycles. The largest absolute Gasteiger partial charge is 0.387 e. The van der Waals surface area contributed by atoms with E-state index in [9.17, 15) is 9.90 Å². The standard InChI is InChI=1S/C21H24ClN3O2S/c1-11-16-12(2)24-20(21(3,4)5)25-19(16)28-17(11)18(27)23-10-15(26)13-7-6-8-14(22)9-13/h6-9,15,26H,10H2,1-5H3,(H,23,27)/t15-/m0/s1. The minimum absolute atomic E-state index is 0.102. The third kappa shape index (κ3) is 4.19. The number of aryl methyl sites for hydroxylation is 2. The lowest BCUT2D eigenvalue weighted by atomic mass is 9.95. The summed E-state index contributed by atoms with van der Waals surface area (Å²) in [5, 5.41) is 14.6. The monoisotopic (exact) mass is 417 g/mol. The van der Waals surface area contributed by atoms with Crippen LogP contribution in [-0.2, 0) is 5.41 Å². The number of thiophene rings is 1. The molecule has 0 saturated carbocycles. The van der Waals surface area contributed by atoms with Gasteiger partial charge in [0.1, 0.15) is 10.7 Å². The highest BCUT2D eigenvalue weighted by atomic mass is 35.5. The van der Waals surface area contributed by atoms with E-state index in [1.807, 2.05) is 13.8 Å². The smallest absolute Gasteiger partial charge is 0.261 e. The number of benzene rings is 1. The van der Waals surface area contributed by atoms with Crippen LogP contribution >= 0.6 is 22.9 Å². The molecule has 1 atom stereocenters. The molecule has 0 bridgehead atoms. The van der Waals surface area contributed by atoms with Crippen molar-refractivity contribution in [1.82, 2.24) is 15.3 Å². The van der Waals surface area contributed by atoms with E-state index in [4.69, 9.17) is 11.6 Å². The molecule has 148 valence electrons. The number of nitrogens with one attached hydrogen (secondary N) is 1. The number of fused-ring (bicyclic) bond motifs is 1. The Kier molecular flexibility index (Phi) is 5.75. The van der Waals surface area contributed by atoms with Crippen LogP contribution in [0.15, 0.2) is 24.3 Å². The molecule has 1 amide bonds. The number of hydrogen-bond acceptors (Lipinski definition) is 5. The molecular formula is C21H24ClN3O2S. The Morgan fingerprint density at radius 3 is 2.64 bits per heavy atom. The lowest BCUT2D eigenvalue weighted by Gasteiger charge is -2.16. The van der Waals surface area contributed by atoms with Gasteiger partial charge in [-0.1, -0.05) is 44.5 Å². The number of carbonyl (C=O) groups is 1. The summed E-state index contributed by atoms with van der Waals surface area (Å²) in [5.41, 5.74) is 2.24. The maximum atomic E-state index is 12.7. The topological polar surface area (TPSA) is 75.1 Å². The van der Waals surface area contributed by atoms with Gasteiger partial charge in [-0.2, -0.15) is 0 Å². The Labute approximate surface area is 173 Å². The van der Waals surface area contributed by atoms with E-state index in [2.05, 4.69) is 36.1 Å². The van der Waals surface area contributed by atoms with Gasteiger partial charge in [-0.3, -0.25) is 4.79 Å². The molecular weight excluding hydrogens is 394 g/mol. The van der Waals surface area contributed by atoms with E-state index >= 15 is 0 Å². The van der Waals surface area contributed by atoms with Crippen LogP contribution < -0.4 is 5.32 Å². The van der Waals surface area contributed by atoms with Crippen molar-refractivity contribution in [2.75, 3.05) is 6.54 Å². The molecule has 2 heterocycles. The Hall–Kier alpha value is -2.02. The van der Waals surface area contributed by atoms with Crippen molar-refractivity contribution in [3.05, 3.63) is 56.8 Å². The van der Waals surface area contributed by atoms with Crippen molar-refractivity contribution in [3.8, 4) is 0 Å². The van der Waals surface area contributed by atoms with E-state index in [1.54, 1.807) is 24.3 Å². The fourth-order valence-electron chi connectivity index (χ4n) is 2.99. The third-order valence-corrected chi connectivity index (χ3v) is 5.96. The summed E-state index contributed by atoms with van der Waals surface area (Å²) < 4.78 is 0. The van der Waals surface area contributed by atoms with Crippen LogP contribution in [0.2, 0.25) is 5.02 Å². The van der Waals surface area contributed by atoms with E-state index in [0.29, 0.717) is 15.5 Å². The molecule has 2 aromatic heterocycles. The van der Waals surface area contributed by atoms with Crippen LogP contribution in [0.5, 0.6) is 0 Å². The molecule has 28 heavy (non-hydrogen) atoms. The van der Waals surface area contributed by atoms with E-state index in [1.165, 1.54) is 11.3 Å². The van der Waals surface area contributed by atoms with Gasteiger partial charge in [0.2, 0.25) is 0 Å². The number of nitrogens with zero attached hydrogens (tertiary/aromatic N) is 2. The number of carbonyl (C=O) groups excluding carboxylic acids is 1. The number of rotatable bonds is 4. The highest BCUT2D eigenvalue weighted by Gasteiger charge is 2.23. The van der Waals surface area contributed by atoms with Gasteiger partial charge in [0, 0.05) is 22.4 Å². The molecule has 5 nitrogen and oxygen atoms in total. The number of hydrogen-bond donors (Lipinski definition) is 2. The van der Waals surface area contributed by atoms with Crippen molar-refractivity contribution in [2.45, 2.75) is 46.1 Å². The van der Waals surface area contributed by atoms with E-state index in [-0.39, 0.29) is 17.9 Å². The van der Waals surface area contributed by atoms with Crippen LogP contribution in [-0.4, -0.2) is 27.5 Å². The maximum Gasteiger partial charge on any atom is 0.261 e. The van der Waals surface area contributed by atoms with Gasteiger partial charge in [-0.15, -0.1) is 11.3 Å². The second-order valence-corrected chi connectivity index (χ2v) is 9.34. The first-order valence-electron chi connectivity index (χ1n) is 9.08. The number of aliphatic hydroxyl groups is 1. The number of halogens is 1. The number of aliphatic hydroxyl groups excluding tert-OH is 1. The zero-order valence-corrected chi connectivity index (χ0v) is 18.2. The minimum atomic E-state index is -0.827. The van der Waals surface area contributed by atoms with Gasteiger partial charge in [-0.05, 0) is 37.1 Å². The third-order valence-electron chi connectivity index (χ3n) is 4.54. The van der Waals surface area contributed by atoms with Gasteiger partial charge < -0.3 is 10.4 Å². The summed E-state index contributed by atoms with van der Waals surface area (Å²) in [5.74, 6) is 0.542. The predicted molar refractivity (Wildman–Crippen MR) is 114 cm³/mol. The molecule has 3 aromatic rings. The fourth-order valence-corrected chi connectivity index (χ4v) is 4.34. The SMILES string of the molecule is Cc1nc(C(C)(C)C)nc2sc(C(=O)NC[C@H](O)c3cccc(Cl)c3)c(C)c12. The minimum Gasteiger partial charge on any atom is -0.387 e. The average Bonchev–Trinajstić information content (AvgIpc) is 2.96. The first kappa shape index (κ1) is 20.7. The molecule has 0 aliphatic heterocycles. The number of amides is 1. The van der Waals surface area contributed by atoms with Crippen LogP contribution in [0.1, 0.15) is 59.2 Å². The van der Waals surface area contributed by atoms with Crippen LogP contribution in [0.25, 0.3) is 10.2 Å². The summed E-state index contributed by atoms with van der Waals surface area (Å²) >= 11 is 7.32. The van der Waals surface area contributed by atoms with Gasteiger partial charge in [-0.25, -0.2) is 9.97 Å². The predicted octanol–water partition coefficient (Wildman–Crippen LogP) is 4.72. The van der Waals surface area contributed by atoms with Crippen molar-refractivity contribution in [3.63, 3.8) is 0 Å². The molecule has 3 rings (SSSR count). The zero-order chi connectivity index (χ0) is 20.6. The molecule has 7 heteroatoms. The maximum absolute atomic E-state index is 12.7. The quantitative estimate of drug-likeness (QED) is 0.643. The Balaban J connectivity index is 1.84. The lowest BCUT2D eigenvalue weighted by molar-refractivity contribution is 0.0920. The van der Waals surface area contributed by atoms with Crippen molar-refractivity contribution in [1.29, 1.82) is 0 Å². The summed E-state index contributed by atoms with van der Waals surface area (Å²) in [7, 11) is 0. The Morgan fingerprint density at radius 2 is 2.00 bits per heavy atom. The van der Waals surface area contributed by atoms with Gasteiger partial charge in [0.05, 0.1) is 16.7 Å². The van der Waals surface area contributed by atoms with Gasteiger partial charge in [0.25, 0.3) is 5.91 Å². The lowest BCUT2D eigenvalue weighted by Crippen LogP contribution is -2.28. The molecule has 0 aliphatic carbocycles. The molecule has 2 N–H and O–H groups in total. The highest BCUT2D eigenvalue weighted by Crippen LogP contribution is 2.33. The van der Waals surface area contributed by atoms with Crippen molar-refractivity contribution < 1.29 is 9.90 Å². The first-order chi connectivity index (χ1) is 13.1. The average molecular weight is 418 g/mol. The highest BCUT2D eigenvalue weighted by molar-refractivity contribution is 7.20. The van der Waals surface area contributed by atoms with Gasteiger partial charge >= 0.3 is 0 Å². The van der Waals surface area contributed by atoms with E-state index < -0.39 is 6.10 Å². The summed E-state index contributed by atoms with van der Waals surface area (Å²) in [4.78, 5) is 23.5. The second-order valence-electron chi connectivity index (χ2n) is 7.90. The Morgan fingerprint density at radius 1 is 1.29 bits per heavy atom. The second kappa shape index (κ2) is 7.78. The molecule has 0 radical (unpaired) electrons. The first-order valence-corrected chi connectivity index (χ1v) is 10.3. The van der Waals surface area contributed by atoms with Crippen LogP contribution in [0.4, 0.5) is 0 Å². The van der Waals surface area contributed by atoms with Gasteiger partial charge in [0.15, 0.2) is 0 Å². The summed E-state index contributed by atoms with van der Waals surface area (Å²) in [6, 6.07) is 6.98. The molecule has 0 unspecified atom stereocenters.